The highest BCUT2D eigenvalue weighted by Crippen LogP contribution is 2.37. The lowest BCUT2D eigenvalue weighted by Crippen LogP contribution is -2.21. The molecule has 148 valence electrons. The lowest BCUT2D eigenvalue weighted by Gasteiger charge is -2.27. The van der Waals surface area contributed by atoms with Crippen LogP contribution in [0.25, 0.3) is 11.1 Å². The summed E-state index contributed by atoms with van der Waals surface area (Å²) < 4.78 is 24.3. The summed E-state index contributed by atoms with van der Waals surface area (Å²) in [6.45, 7) is 1.23. The first-order valence-electron chi connectivity index (χ1n) is 9.44. The Balaban J connectivity index is 1.54. The van der Waals surface area contributed by atoms with E-state index in [4.69, 9.17) is 9.47 Å². The summed E-state index contributed by atoms with van der Waals surface area (Å²) in [6, 6.07) is 14.1. The Bertz CT molecular complexity index is 1040. The summed E-state index contributed by atoms with van der Waals surface area (Å²) in [5.41, 5.74) is 3.92. The number of hydrogen-bond acceptors (Lipinski definition) is 5. The molecule has 1 unspecified atom stereocenters. The summed E-state index contributed by atoms with van der Waals surface area (Å²) in [4.78, 5) is 16.0. The minimum Gasteiger partial charge on any atom is -0.493 e. The Labute approximate surface area is 168 Å². The Hall–Kier alpha value is -3.41. The van der Waals surface area contributed by atoms with Crippen LogP contribution >= 0.6 is 0 Å². The van der Waals surface area contributed by atoms with Gasteiger partial charge in [0.05, 0.1) is 31.2 Å². The number of carbonyl (C=O) groups is 1. The van der Waals surface area contributed by atoms with Gasteiger partial charge in [-0.3, -0.25) is 4.98 Å². The number of halogens is 1. The second kappa shape index (κ2) is 8.31. The molecule has 6 heteroatoms. The van der Waals surface area contributed by atoms with Gasteiger partial charge < -0.3 is 14.8 Å². The molecule has 1 aromatic heterocycles. The van der Waals surface area contributed by atoms with Crippen LogP contribution in [0, 0.1) is 5.82 Å². The molecule has 0 amide bonds. The second-order valence-corrected chi connectivity index (χ2v) is 6.89. The first kappa shape index (κ1) is 18.9. The number of pyridine rings is 1. The van der Waals surface area contributed by atoms with Crippen molar-refractivity contribution in [3.05, 3.63) is 77.9 Å². The van der Waals surface area contributed by atoms with E-state index >= 15 is 0 Å². The van der Waals surface area contributed by atoms with E-state index < -0.39 is 5.97 Å². The number of nitrogens with one attached hydrogen (secondary N) is 1. The van der Waals surface area contributed by atoms with E-state index in [1.807, 2.05) is 24.3 Å². The fourth-order valence-electron chi connectivity index (χ4n) is 3.58. The molecule has 0 saturated heterocycles. The number of ether oxygens (including phenoxy) is 2. The smallest absolute Gasteiger partial charge is 0.340 e. The van der Waals surface area contributed by atoms with Gasteiger partial charge in [0.25, 0.3) is 0 Å². The highest BCUT2D eigenvalue weighted by molar-refractivity contribution is 5.95. The fraction of sp³-hybridized carbons (Fsp3) is 0.217. The standard InChI is InChI=1S/C23H21FN2O3/c1-28-23(27)20-7-9-25-14-21(20)26-13-17-8-10-29-22-12-16(5-6-19(17)22)15-3-2-4-18(24)11-15/h2-7,9,11-12,14,17,26H,8,10,13H2,1H3. The van der Waals surface area contributed by atoms with E-state index in [2.05, 4.69) is 10.3 Å². The molecule has 5 nitrogen and oxygen atoms in total. The van der Waals surface area contributed by atoms with Crippen LogP contribution in [0.4, 0.5) is 10.1 Å². The van der Waals surface area contributed by atoms with E-state index in [1.54, 1.807) is 24.5 Å². The third-order valence-electron chi connectivity index (χ3n) is 5.10. The third-order valence-corrected chi connectivity index (χ3v) is 5.10. The van der Waals surface area contributed by atoms with Crippen LogP contribution in [0.15, 0.2) is 60.9 Å². The third kappa shape index (κ3) is 4.06. The summed E-state index contributed by atoms with van der Waals surface area (Å²) in [5, 5.41) is 3.32. The second-order valence-electron chi connectivity index (χ2n) is 6.89. The van der Waals surface area contributed by atoms with Gasteiger partial charge >= 0.3 is 5.97 Å². The lowest BCUT2D eigenvalue weighted by atomic mass is 9.91. The van der Waals surface area contributed by atoms with Crippen LogP contribution < -0.4 is 10.1 Å². The van der Waals surface area contributed by atoms with Gasteiger partial charge in [-0.05, 0) is 47.4 Å². The maximum absolute atomic E-state index is 13.6. The number of esters is 1. The average molecular weight is 392 g/mol. The van der Waals surface area contributed by atoms with Crippen molar-refractivity contribution in [1.82, 2.24) is 4.98 Å². The molecule has 1 N–H and O–H groups in total. The van der Waals surface area contributed by atoms with E-state index in [0.29, 0.717) is 24.4 Å². The van der Waals surface area contributed by atoms with Crippen molar-refractivity contribution in [2.24, 2.45) is 0 Å². The molecular formula is C23H21FN2O3. The average Bonchev–Trinajstić information content (AvgIpc) is 2.77. The number of aromatic nitrogens is 1. The highest BCUT2D eigenvalue weighted by Gasteiger charge is 2.23. The maximum atomic E-state index is 13.6. The van der Waals surface area contributed by atoms with Crippen molar-refractivity contribution in [3.8, 4) is 16.9 Å². The largest absolute Gasteiger partial charge is 0.493 e. The molecule has 0 bridgehead atoms. The molecule has 1 atom stereocenters. The Morgan fingerprint density at radius 3 is 2.93 bits per heavy atom. The molecule has 0 saturated carbocycles. The SMILES string of the molecule is COC(=O)c1ccncc1NCC1CCOc2cc(-c3cccc(F)c3)ccc21. The summed E-state index contributed by atoms with van der Waals surface area (Å²) >= 11 is 0. The van der Waals surface area contributed by atoms with Crippen LogP contribution in [0.2, 0.25) is 0 Å². The van der Waals surface area contributed by atoms with Crippen molar-refractivity contribution in [1.29, 1.82) is 0 Å². The van der Waals surface area contributed by atoms with E-state index in [9.17, 15) is 9.18 Å². The zero-order valence-electron chi connectivity index (χ0n) is 16.0. The normalized spacial score (nSPS) is 15.2. The quantitative estimate of drug-likeness (QED) is 0.641. The zero-order chi connectivity index (χ0) is 20.2. The van der Waals surface area contributed by atoms with Gasteiger partial charge in [0.1, 0.15) is 11.6 Å². The molecule has 4 rings (SSSR count). The fourth-order valence-corrected chi connectivity index (χ4v) is 3.58. The first-order valence-corrected chi connectivity index (χ1v) is 9.44. The molecule has 0 spiro atoms. The lowest BCUT2D eigenvalue weighted by molar-refractivity contribution is 0.0601. The summed E-state index contributed by atoms with van der Waals surface area (Å²) in [7, 11) is 1.36. The van der Waals surface area contributed by atoms with Crippen LogP contribution in [-0.2, 0) is 4.74 Å². The van der Waals surface area contributed by atoms with E-state index in [-0.39, 0.29) is 11.7 Å². The Morgan fingerprint density at radius 2 is 2.10 bits per heavy atom. The molecule has 0 aliphatic carbocycles. The van der Waals surface area contributed by atoms with Gasteiger partial charge in [-0.15, -0.1) is 0 Å². The van der Waals surface area contributed by atoms with Crippen LogP contribution in [0.5, 0.6) is 5.75 Å². The number of rotatable bonds is 5. The number of anilines is 1. The molecule has 0 radical (unpaired) electrons. The number of carbonyl (C=O) groups excluding carboxylic acids is 1. The first-order chi connectivity index (χ1) is 14.2. The molecule has 3 aromatic rings. The van der Waals surface area contributed by atoms with Crippen molar-refractivity contribution >= 4 is 11.7 Å². The number of methoxy groups -OCH3 is 1. The van der Waals surface area contributed by atoms with Gasteiger partial charge in [-0.1, -0.05) is 24.3 Å². The molecule has 2 aromatic carbocycles. The predicted molar refractivity (Wildman–Crippen MR) is 109 cm³/mol. The number of nitrogens with zero attached hydrogens (tertiary/aromatic N) is 1. The Morgan fingerprint density at radius 1 is 1.24 bits per heavy atom. The monoisotopic (exact) mass is 392 g/mol. The molecule has 29 heavy (non-hydrogen) atoms. The molecule has 2 heterocycles. The maximum Gasteiger partial charge on any atom is 0.340 e. The van der Waals surface area contributed by atoms with Crippen LogP contribution in [0.3, 0.4) is 0 Å². The summed E-state index contributed by atoms with van der Waals surface area (Å²) in [6.07, 6.45) is 4.04. The number of fused-ring (bicyclic) bond motifs is 1. The number of hydrogen-bond donors (Lipinski definition) is 1. The van der Waals surface area contributed by atoms with Gasteiger partial charge in [0.2, 0.25) is 0 Å². The molecular weight excluding hydrogens is 371 g/mol. The van der Waals surface area contributed by atoms with Gasteiger partial charge in [-0.25, -0.2) is 9.18 Å². The van der Waals surface area contributed by atoms with E-state index in [1.165, 1.54) is 19.2 Å². The highest BCUT2D eigenvalue weighted by atomic mass is 19.1. The minimum atomic E-state index is -0.401. The minimum absolute atomic E-state index is 0.214. The van der Waals surface area contributed by atoms with Crippen molar-refractivity contribution in [3.63, 3.8) is 0 Å². The van der Waals surface area contributed by atoms with Crippen molar-refractivity contribution < 1.29 is 18.7 Å². The van der Waals surface area contributed by atoms with Crippen LogP contribution in [0.1, 0.15) is 28.3 Å². The number of benzene rings is 2. The zero-order valence-corrected chi connectivity index (χ0v) is 16.0. The van der Waals surface area contributed by atoms with Gasteiger partial charge in [0, 0.05) is 18.7 Å². The van der Waals surface area contributed by atoms with Gasteiger partial charge in [0.15, 0.2) is 0 Å². The van der Waals surface area contributed by atoms with Crippen molar-refractivity contribution in [2.45, 2.75) is 12.3 Å². The van der Waals surface area contributed by atoms with Crippen molar-refractivity contribution in [2.75, 3.05) is 25.6 Å². The molecule has 1 aliphatic heterocycles. The molecule has 1 aliphatic rings. The Kier molecular flexibility index (Phi) is 5.42. The molecule has 0 fully saturated rings. The topological polar surface area (TPSA) is 60.5 Å². The van der Waals surface area contributed by atoms with E-state index in [0.717, 1.165) is 28.9 Å². The summed E-state index contributed by atoms with van der Waals surface area (Å²) in [5.74, 6) is 0.360. The van der Waals surface area contributed by atoms with Crippen LogP contribution in [-0.4, -0.2) is 31.2 Å². The van der Waals surface area contributed by atoms with Gasteiger partial charge in [-0.2, -0.15) is 0 Å². The predicted octanol–water partition coefficient (Wildman–Crippen LogP) is 4.65.